The molecule has 0 aliphatic heterocycles. The molecule has 0 unspecified atom stereocenters. The highest BCUT2D eigenvalue weighted by atomic mass is 32.2. The smallest absolute Gasteiger partial charge is 0.210 e. The number of thioether (sulfide) groups is 2. The van der Waals surface area contributed by atoms with Gasteiger partial charge in [-0.15, -0.1) is 10.2 Å². The number of halogens is 2. The van der Waals surface area contributed by atoms with Crippen LogP contribution in [0.5, 0.6) is 0 Å². The topological polar surface area (TPSA) is 56.7 Å². The summed E-state index contributed by atoms with van der Waals surface area (Å²) in [6.07, 6.45) is 2.76. The van der Waals surface area contributed by atoms with E-state index in [4.69, 9.17) is 5.84 Å². The van der Waals surface area contributed by atoms with E-state index < -0.39 is 11.6 Å². The van der Waals surface area contributed by atoms with Crippen LogP contribution in [0.2, 0.25) is 0 Å². The molecule has 0 aliphatic rings. The van der Waals surface area contributed by atoms with E-state index in [0.717, 1.165) is 18.2 Å². The Balaban J connectivity index is 2.00. The standard InChI is InChI=1S/C12H14F2N4S2/c1-19-5-4-11-16-17-12(18(11)15)20-7-8-2-3-9(13)10(14)6-8/h2-3,6H,4-5,7,15H2,1H3. The van der Waals surface area contributed by atoms with Gasteiger partial charge in [0.2, 0.25) is 5.16 Å². The van der Waals surface area contributed by atoms with E-state index in [1.807, 2.05) is 6.26 Å². The molecule has 0 atom stereocenters. The van der Waals surface area contributed by atoms with Gasteiger partial charge in [0.15, 0.2) is 17.5 Å². The third-order valence-corrected chi connectivity index (χ3v) is 4.24. The molecule has 1 aromatic carbocycles. The van der Waals surface area contributed by atoms with Crippen molar-refractivity contribution in [1.29, 1.82) is 0 Å². The molecule has 4 nitrogen and oxygen atoms in total. The van der Waals surface area contributed by atoms with Gasteiger partial charge in [-0.25, -0.2) is 13.5 Å². The Hall–Kier alpha value is -1.28. The van der Waals surface area contributed by atoms with Crippen LogP contribution in [0.4, 0.5) is 8.78 Å². The predicted octanol–water partition coefficient (Wildman–Crippen LogP) is 2.47. The van der Waals surface area contributed by atoms with Crippen molar-refractivity contribution in [2.75, 3.05) is 17.9 Å². The molecule has 8 heteroatoms. The van der Waals surface area contributed by atoms with Crippen LogP contribution in [0, 0.1) is 11.6 Å². The highest BCUT2D eigenvalue weighted by Crippen LogP contribution is 2.21. The Kier molecular flexibility index (Phi) is 5.24. The van der Waals surface area contributed by atoms with Crippen LogP contribution >= 0.6 is 23.5 Å². The Bertz CT molecular complexity index is 589. The molecule has 0 aliphatic carbocycles. The quantitative estimate of drug-likeness (QED) is 0.655. The summed E-state index contributed by atoms with van der Waals surface area (Å²) >= 11 is 3.04. The Morgan fingerprint density at radius 2 is 2.05 bits per heavy atom. The summed E-state index contributed by atoms with van der Waals surface area (Å²) in [4.78, 5) is 0. The van der Waals surface area contributed by atoms with E-state index in [9.17, 15) is 8.78 Å². The summed E-state index contributed by atoms with van der Waals surface area (Å²) in [7, 11) is 0. The van der Waals surface area contributed by atoms with Crippen LogP contribution in [-0.2, 0) is 12.2 Å². The van der Waals surface area contributed by atoms with E-state index >= 15 is 0 Å². The van der Waals surface area contributed by atoms with Crippen molar-refractivity contribution in [3.8, 4) is 0 Å². The Morgan fingerprint density at radius 1 is 1.25 bits per heavy atom. The molecular weight excluding hydrogens is 302 g/mol. The maximum Gasteiger partial charge on any atom is 0.210 e. The van der Waals surface area contributed by atoms with Gasteiger partial charge < -0.3 is 5.84 Å². The number of benzene rings is 1. The van der Waals surface area contributed by atoms with Crippen molar-refractivity contribution in [2.24, 2.45) is 0 Å². The lowest BCUT2D eigenvalue weighted by Crippen LogP contribution is -2.14. The van der Waals surface area contributed by atoms with Gasteiger partial charge in [0.05, 0.1) is 0 Å². The number of rotatable bonds is 6. The van der Waals surface area contributed by atoms with Crippen LogP contribution in [0.15, 0.2) is 23.4 Å². The van der Waals surface area contributed by atoms with Crippen molar-refractivity contribution in [3.63, 3.8) is 0 Å². The fraction of sp³-hybridized carbons (Fsp3) is 0.333. The van der Waals surface area contributed by atoms with Gasteiger partial charge >= 0.3 is 0 Å². The summed E-state index contributed by atoms with van der Waals surface area (Å²) in [5.74, 6) is 6.28. The van der Waals surface area contributed by atoms with Gasteiger partial charge in [-0.2, -0.15) is 11.8 Å². The van der Waals surface area contributed by atoms with Crippen LogP contribution < -0.4 is 5.84 Å². The Labute approximate surface area is 124 Å². The number of hydrogen-bond acceptors (Lipinski definition) is 5. The molecule has 2 rings (SSSR count). The van der Waals surface area contributed by atoms with Crippen molar-refractivity contribution >= 4 is 23.5 Å². The van der Waals surface area contributed by atoms with Crippen LogP contribution in [0.3, 0.4) is 0 Å². The van der Waals surface area contributed by atoms with E-state index in [2.05, 4.69) is 10.2 Å². The normalized spacial score (nSPS) is 10.9. The molecule has 108 valence electrons. The van der Waals surface area contributed by atoms with E-state index in [0.29, 0.717) is 22.3 Å². The molecule has 20 heavy (non-hydrogen) atoms. The maximum atomic E-state index is 13.1. The molecule has 1 heterocycles. The monoisotopic (exact) mass is 316 g/mol. The average Bonchev–Trinajstić information content (AvgIpc) is 2.79. The number of nitrogens with two attached hydrogens (primary N) is 1. The van der Waals surface area contributed by atoms with Crippen LogP contribution in [0.1, 0.15) is 11.4 Å². The van der Waals surface area contributed by atoms with Crippen molar-refractivity contribution in [1.82, 2.24) is 14.9 Å². The lowest BCUT2D eigenvalue weighted by Gasteiger charge is -2.04. The van der Waals surface area contributed by atoms with Crippen LogP contribution in [0.25, 0.3) is 0 Å². The van der Waals surface area contributed by atoms with Gasteiger partial charge in [-0.3, -0.25) is 0 Å². The molecule has 2 N–H and O–H groups in total. The van der Waals surface area contributed by atoms with Crippen molar-refractivity contribution in [2.45, 2.75) is 17.3 Å². The molecule has 1 aromatic heterocycles. The van der Waals surface area contributed by atoms with E-state index in [1.54, 1.807) is 11.8 Å². The molecule has 0 fully saturated rings. The number of nitrogens with zero attached hydrogens (tertiary/aromatic N) is 3. The summed E-state index contributed by atoms with van der Waals surface area (Å²) in [5.41, 5.74) is 0.669. The number of hydrogen-bond donors (Lipinski definition) is 1. The number of aryl methyl sites for hydroxylation is 1. The minimum atomic E-state index is -0.849. The summed E-state index contributed by atoms with van der Waals surface area (Å²) in [6.45, 7) is 0. The van der Waals surface area contributed by atoms with Crippen molar-refractivity contribution < 1.29 is 8.78 Å². The van der Waals surface area contributed by atoms with Gasteiger partial charge in [0.25, 0.3) is 0 Å². The second kappa shape index (κ2) is 6.94. The fourth-order valence-electron chi connectivity index (χ4n) is 1.55. The van der Waals surface area contributed by atoms with Gasteiger partial charge in [-0.05, 0) is 24.0 Å². The lowest BCUT2D eigenvalue weighted by molar-refractivity contribution is 0.507. The highest BCUT2D eigenvalue weighted by Gasteiger charge is 2.10. The molecule has 2 aromatic rings. The SMILES string of the molecule is CSCCc1nnc(SCc2ccc(F)c(F)c2)n1N. The first-order chi connectivity index (χ1) is 9.61. The zero-order chi connectivity index (χ0) is 14.5. The number of nitrogen functional groups attached to an aromatic ring is 1. The summed E-state index contributed by atoms with van der Waals surface area (Å²) in [6, 6.07) is 3.83. The predicted molar refractivity (Wildman–Crippen MR) is 78.2 cm³/mol. The molecule has 0 bridgehead atoms. The summed E-state index contributed by atoms with van der Waals surface area (Å²) < 4.78 is 27.3. The van der Waals surface area contributed by atoms with E-state index in [-0.39, 0.29) is 0 Å². The average molecular weight is 316 g/mol. The first-order valence-electron chi connectivity index (χ1n) is 5.87. The van der Waals surface area contributed by atoms with Gasteiger partial charge in [-0.1, -0.05) is 17.8 Å². The first kappa shape index (κ1) is 15.1. The third-order valence-electron chi connectivity index (χ3n) is 2.62. The minimum absolute atomic E-state index is 0.453. The fourth-order valence-corrected chi connectivity index (χ4v) is 2.75. The van der Waals surface area contributed by atoms with Crippen molar-refractivity contribution in [3.05, 3.63) is 41.2 Å². The molecule has 0 amide bonds. The molecule has 0 spiro atoms. The zero-order valence-electron chi connectivity index (χ0n) is 10.8. The second-order valence-electron chi connectivity index (χ2n) is 4.05. The molecule has 0 radical (unpaired) electrons. The molecule has 0 saturated carbocycles. The second-order valence-corrected chi connectivity index (χ2v) is 5.98. The Morgan fingerprint density at radius 3 is 2.75 bits per heavy atom. The van der Waals surface area contributed by atoms with Gasteiger partial charge in [0.1, 0.15) is 0 Å². The van der Waals surface area contributed by atoms with E-state index in [1.165, 1.54) is 28.6 Å². The summed E-state index contributed by atoms with van der Waals surface area (Å²) in [5, 5.41) is 8.58. The molecule has 0 saturated heterocycles. The van der Waals surface area contributed by atoms with Crippen LogP contribution in [-0.4, -0.2) is 26.9 Å². The maximum absolute atomic E-state index is 13.1. The zero-order valence-corrected chi connectivity index (χ0v) is 12.5. The third kappa shape index (κ3) is 3.63. The largest absolute Gasteiger partial charge is 0.336 e. The number of aromatic nitrogens is 3. The molecular formula is C12H14F2N4S2. The lowest BCUT2D eigenvalue weighted by atomic mass is 10.2. The first-order valence-corrected chi connectivity index (χ1v) is 8.24. The highest BCUT2D eigenvalue weighted by molar-refractivity contribution is 7.98. The van der Waals surface area contributed by atoms with Gasteiger partial charge in [0, 0.05) is 17.9 Å². The minimum Gasteiger partial charge on any atom is -0.336 e.